The molecule has 2 heterocycles. The molecule has 0 fully saturated rings. The molecule has 1 aromatic carbocycles. The maximum Gasteiger partial charge on any atom is 0.319 e. The molecule has 3 rings (SSSR count). The number of amides is 3. The minimum absolute atomic E-state index is 0.00457. The van der Waals surface area contributed by atoms with Crippen LogP contribution in [0.25, 0.3) is 0 Å². The Morgan fingerprint density at radius 3 is 2.54 bits per heavy atom. The van der Waals surface area contributed by atoms with E-state index in [0.717, 1.165) is 17.0 Å². The number of rotatable bonds is 5. The fourth-order valence-electron chi connectivity index (χ4n) is 3.65. The molecule has 2 aromatic rings. The van der Waals surface area contributed by atoms with Gasteiger partial charge in [-0.3, -0.25) is 9.48 Å². The average molecular weight is 383 g/mol. The Morgan fingerprint density at radius 2 is 1.89 bits per heavy atom. The molecular weight excluding hydrogens is 354 g/mol. The summed E-state index contributed by atoms with van der Waals surface area (Å²) in [6.45, 7) is 6.35. The number of nitrogens with zero attached hydrogens (tertiary/aromatic N) is 4. The fourth-order valence-corrected chi connectivity index (χ4v) is 3.65. The van der Waals surface area contributed by atoms with Crippen LogP contribution in [0.5, 0.6) is 0 Å². The van der Waals surface area contributed by atoms with Gasteiger partial charge in [-0.25, -0.2) is 4.79 Å². The van der Waals surface area contributed by atoms with E-state index in [9.17, 15) is 9.59 Å². The Kier molecular flexibility index (Phi) is 6.02. The highest BCUT2D eigenvalue weighted by atomic mass is 16.2. The molecule has 0 bridgehead atoms. The van der Waals surface area contributed by atoms with Crippen molar-refractivity contribution >= 4 is 11.9 Å². The van der Waals surface area contributed by atoms with E-state index in [0.29, 0.717) is 26.2 Å². The summed E-state index contributed by atoms with van der Waals surface area (Å²) in [6.07, 6.45) is 0. The van der Waals surface area contributed by atoms with Gasteiger partial charge in [-0.05, 0) is 17.5 Å². The number of carbonyl (C=O) groups excluding carboxylic acids is 2. The summed E-state index contributed by atoms with van der Waals surface area (Å²) < 4.78 is 1.93. The predicted octanol–water partition coefficient (Wildman–Crippen LogP) is 2.44. The third-order valence-corrected chi connectivity index (χ3v) is 5.05. The topological polar surface area (TPSA) is 70.5 Å². The lowest BCUT2D eigenvalue weighted by Gasteiger charge is -2.29. The van der Waals surface area contributed by atoms with Crippen molar-refractivity contribution in [3.8, 4) is 0 Å². The lowest BCUT2D eigenvalue weighted by Crippen LogP contribution is -2.43. The second-order valence-electron chi connectivity index (χ2n) is 7.80. The highest BCUT2D eigenvalue weighted by Gasteiger charge is 2.25. The van der Waals surface area contributed by atoms with Gasteiger partial charge in [-0.15, -0.1) is 0 Å². The van der Waals surface area contributed by atoms with Crippen molar-refractivity contribution in [1.29, 1.82) is 0 Å². The molecule has 0 spiro atoms. The number of hydrogen-bond donors (Lipinski definition) is 1. The lowest BCUT2D eigenvalue weighted by atomic mass is 9.87. The molecule has 7 heteroatoms. The average Bonchev–Trinajstić information content (AvgIpc) is 3.08. The first-order valence-corrected chi connectivity index (χ1v) is 9.71. The molecular formula is C21H29N5O2. The first-order valence-electron chi connectivity index (χ1n) is 9.71. The Morgan fingerprint density at radius 1 is 1.18 bits per heavy atom. The minimum atomic E-state index is -0.188. The van der Waals surface area contributed by atoms with E-state index >= 15 is 0 Å². The molecule has 1 atom stereocenters. The summed E-state index contributed by atoms with van der Waals surface area (Å²) in [5.41, 5.74) is 2.84. The van der Waals surface area contributed by atoms with E-state index in [1.165, 1.54) is 0 Å². The molecule has 0 aliphatic carbocycles. The molecule has 1 aliphatic rings. The maximum absolute atomic E-state index is 12.8. The molecule has 0 saturated carbocycles. The van der Waals surface area contributed by atoms with Crippen molar-refractivity contribution in [2.45, 2.75) is 39.4 Å². The van der Waals surface area contributed by atoms with Crippen molar-refractivity contribution in [2.75, 3.05) is 20.6 Å². The van der Waals surface area contributed by atoms with Crippen LogP contribution in [0, 0.1) is 5.92 Å². The van der Waals surface area contributed by atoms with Crippen LogP contribution in [-0.2, 0) is 24.4 Å². The summed E-state index contributed by atoms with van der Waals surface area (Å²) in [5, 5.41) is 7.63. The lowest BCUT2D eigenvalue weighted by molar-refractivity contribution is -0.123. The molecule has 7 nitrogen and oxygen atoms in total. The van der Waals surface area contributed by atoms with Crippen LogP contribution in [0.4, 0.5) is 4.79 Å². The summed E-state index contributed by atoms with van der Waals surface area (Å²) in [4.78, 5) is 28.4. The van der Waals surface area contributed by atoms with Crippen LogP contribution in [-0.4, -0.2) is 52.2 Å². The highest BCUT2D eigenvalue weighted by molar-refractivity contribution is 5.83. The zero-order valence-corrected chi connectivity index (χ0v) is 17.1. The van der Waals surface area contributed by atoms with E-state index in [1.54, 1.807) is 19.0 Å². The number of aromatic nitrogens is 2. The summed E-state index contributed by atoms with van der Waals surface area (Å²) in [6, 6.07) is 11.8. The maximum atomic E-state index is 12.8. The fraction of sp³-hybridized carbons (Fsp3) is 0.476. The van der Waals surface area contributed by atoms with Gasteiger partial charge >= 0.3 is 6.03 Å². The number of carbonyl (C=O) groups is 2. The van der Waals surface area contributed by atoms with E-state index < -0.39 is 0 Å². The van der Waals surface area contributed by atoms with Crippen molar-refractivity contribution in [3.63, 3.8) is 0 Å². The largest absolute Gasteiger partial charge is 0.350 e. The third kappa shape index (κ3) is 4.35. The molecule has 3 amide bonds. The summed E-state index contributed by atoms with van der Waals surface area (Å²) in [5.74, 6) is 0.0198. The van der Waals surface area contributed by atoms with Crippen molar-refractivity contribution in [3.05, 3.63) is 53.3 Å². The normalized spacial score (nSPS) is 14.5. The molecule has 0 unspecified atom stereocenters. The zero-order chi connectivity index (χ0) is 20.3. The Hall–Kier alpha value is -2.83. The first kappa shape index (κ1) is 19.9. The third-order valence-electron chi connectivity index (χ3n) is 5.05. The summed E-state index contributed by atoms with van der Waals surface area (Å²) in [7, 11) is 3.51. The van der Waals surface area contributed by atoms with Crippen LogP contribution in [0.1, 0.15) is 36.7 Å². The van der Waals surface area contributed by atoms with Gasteiger partial charge in [0.2, 0.25) is 5.91 Å². The first-order chi connectivity index (χ1) is 13.4. The molecule has 1 aromatic heterocycles. The Bertz CT molecular complexity index is 829. The number of fused-ring (bicyclic) bond motifs is 1. The second kappa shape index (κ2) is 8.46. The van der Waals surface area contributed by atoms with Gasteiger partial charge < -0.3 is 15.1 Å². The molecule has 1 N–H and O–H groups in total. The van der Waals surface area contributed by atoms with Crippen molar-refractivity contribution in [1.82, 2.24) is 24.9 Å². The van der Waals surface area contributed by atoms with Gasteiger partial charge in [0.15, 0.2) is 0 Å². The molecule has 1 aliphatic heterocycles. The number of nitrogens with one attached hydrogen (secondary N) is 1. The van der Waals surface area contributed by atoms with Crippen LogP contribution in [0.3, 0.4) is 0 Å². The van der Waals surface area contributed by atoms with E-state index in [1.807, 2.05) is 46.0 Å². The van der Waals surface area contributed by atoms with E-state index in [4.69, 9.17) is 0 Å². The smallest absolute Gasteiger partial charge is 0.319 e. The molecule has 0 saturated heterocycles. The van der Waals surface area contributed by atoms with Gasteiger partial charge in [0.25, 0.3) is 0 Å². The molecule has 150 valence electrons. The SMILES string of the molecule is CC(C)[C@@H](C(=O)NCc1cc2n(n1)CCN(C(=O)N(C)C)C2)c1ccccc1. The van der Waals surface area contributed by atoms with E-state index in [2.05, 4.69) is 24.3 Å². The van der Waals surface area contributed by atoms with Gasteiger partial charge in [0.05, 0.1) is 36.9 Å². The monoisotopic (exact) mass is 383 g/mol. The van der Waals surface area contributed by atoms with Gasteiger partial charge in [-0.1, -0.05) is 44.2 Å². The Labute approximate surface area is 166 Å². The van der Waals surface area contributed by atoms with Crippen LogP contribution < -0.4 is 5.32 Å². The standard InChI is InChI=1S/C21H29N5O2/c1-15(2)19(16-8-6-5-7-9-16)20(27)22-13-17-12-18-14-25(21(28)24(3)4)10-11-26(18)23-17/h5-9,12,15,19H,10-11,13-14H2,1-4H3,(H,22,27)/t19-/m1/s1. The van der Waals surface area contributed by atoms with Crippen LogP contribution in [0.2, 0.25) is 0 Å². The molecule has 0 radical (unpaired) electrons. The minimum Gasteiger partial charge on any atom is -0.350 e. The number of hydrogen-bond acceptors (Lipinski definition) is 3. The number of urea groups is 1. The zero-order valence-electron chi connectivity index (χ0n) is 17.1. The van der Waals surface area contributed by atoms with Crippen molar-refractivity contribution < 1.29 is 9.59 Å². The van der Waals surface area contributed by atoms with Crippen LogP contribution >= 0.6 is 0 Å². The van der Waals surface area contributed by atoms with Gasteiger partial charge in [-0.2, -0.15) is 5.10 Å². The highest BCUT2D eigenvalue weighted by Crippen LogP contribution is 2.24. The number of benzene rings is 1. The molecule has 28 heavy (non-hydrogen) atoms. The summed E-state index contributed by atoms with van der Waals surface area (Å²) >= 11 is 0. The predicted molar refractivity (Wildman–Crippen MR) is 108 cm³/mol. The Balaban J connectivity index is 1.64. The quantitative estimate of drug-likeness (QED) is 0.862. The second-order valence-corrected chi connectivity index (χ2v) is 7.80. The van der Waals surface area contributed by atoms with Crippen molar-refractivity contribution in [2.24, 2.45) is 5.92 Å². The van der Waals surface area contributed by atoms with Gasteiger partial charge in [0.1, 0.15) is 0 Å². The van der Waals surface area contributed by atoms with Crippen LogP contribution in [0.15, 0.2) is 36.4 Å². The van der Waals surface area contributed by atoms with Gasteiger partial charge in [0, 0.05) is 20.6 Å². The van der Waals surface area contributed by atoms with E-state index in [-0.39, 0.29) is 23.8 Å².